The summed E-state index contributed by atoms with van der Waals surface area (Å²) in [4.78, 5) is 9.42. The van der Waals surface area contributed by atoms with Gasteiger partial charge >= 0.3 is 0 Å². The number of benzene rings is 1. The highest BCUT2D eigenvalue weighted by atomic mass is 15.0. The van der Waals surface area contributed by atoms with Crippen molar-refractivity contribution in [2.24, 2.45) is 21.8 Å². The zero-order valence-corrected chi connectivity index (χ0v) is 23.9. The van der Waals surface area contributed by atoms with Crippen molar-refractivity contribution in [1.29, 1.82) is 0 Å². The minimum atomic E-state index is 0.499. The highest BCUT2D eigenvalue weighted by Gasteiger charge is 2.35. The molecule has 0 saturated heterocycles. The topological polar surface area (TPSA) is 24.7 Å². The fourth-order valence-electron chi connectivity index (χ4n) is 5.77. The van der Waals surface area contributed by atoms with Crippen LogP contribution < -0.4 is 0 Å². The van der Waals surface area contributed by atoms with Crippen LogP contribution in [0.1, 0.15) is 148 Å². The predicted molar refractivity (Wildman–Crippen MR) is 161 cm³/mol. The molecular formula is C34H57N2+. The molecule has 0 amide bonds. The fourth-order valence-corrected chi connectivity index (χ4v) is 5.77. The molecular weight excluding hydrogens is 436 g/mol. The standard InChI is InChI=1S/C34H57N2/c1-3-5-7-9-11-12-13-14-15-16-18-23-27-33(34-35-28-29-36-34)32(26-22-17-10-8-6-4-2)30-31-24-20-19-21-25-31/h19-21,24-25,28-29,32-33H,3-18,22-23,26-27,30H2,1-2H3/q+1. The molecule has 2 rings (SSSR count). The van der Waals surface area contributed by atoms with Crippen molar-refractivity contribution in [3.8, 4) is 0 Å². The smallest absolute Gasteiger partial charge is 0.0965 e. The van der Waals surface area contributed by atoms with Gasteiger partial charge in [0.1, 0.15) is 0 Å². The zero-order chi connectivity index (χ0) is 25.5. The van der Waals surface area contributed by atoms with Crippen molar-refractivity contribution >= 4 is 12.4 Å². The van der Waals surface area contributed by atoms with E-state index in [2.05, 4.69) is 44.2 Å². The van der Waals surface area contributed by atoms with E-state index >= 15 is 0 Å². The second-order valence-electron chi connectivity index (χ2n) is 11.2. The summed E-state index contributed by atoms with van der Waals surface area (Å²) in [6, 6.07) is 11.1. The van der Waals surface area contributed by atoms with Crippen molar-refractivity contribution in [3.05, 3.63) is 42.1 Å². The maximum atomic E-state index is 4.71. The SMILES string of the molecule is CCCCCCCCCCCCCCC([C+]1N=CC=N1)C(CCCCCCCC)Cc1ccccc1. The van der Waals surface area contributed by atoms with Crippen LogP contribution in [0.2, 0.25) is 0 Å². The first kappa shape index (κ1) is 30.7. The van der Waals surface area contributed by atoms with Gasteiger partial charge in [-0.2, -0.15) is 0 Å². The molecule has 0 bridgehead atoms. The Bertz CT molecular complexity index is 653. The average Bonchev–Trinajstić information content (AvgIpc) is 3.44. The first-order valence-electron chi connectivity index (χ1n) is 15.8. The van der Waals surface area contributed by atoms with Crippen LogP contribution in [0.25, 0.3) is 0 Å². The number of aliphatic imine (C=N–C) groups is 2. The maximum absolute atomic E-state index is 4.71. The number of nitrogens with zero attached hydrogens (tertiary/aromatic N) is 2. The van der Waals surface area contributed by atoms with Gasteiger partial charge in [0, 0.05) is 0 Å². The molecule has 0 spiro atoms. The van der Waals surface area contributed by atoms with Crippen LogP contribution in [0.4, 0.5) is 0 Å². The van der Waals surface area contributed by atoms with Gasteiger partial charge in [0.25, 0.3) is 0 Å². The third-order valence-corrected chi connectivity index (χ3v) is 8.02. The van der Waals surface area contributed by atoms with Crippen molar-refractivity contribution < 1.29 is 0 Å². The van der Waals surface area contributed by atoms with Crippen LogP contribution in [0.5, 0.6) is 0 Å². The lowest BCUT2D eigenvalue weighted by Crippen LogP contribution is -2.22. The second-order valence-corrected chi connectivity index (χ2v) is 11.2. The quantitative estimate of drug-likeness (QED) is 0.101. The van der Waals surface area contributed by atoms with E-state index < -0.39 is 0 Å². The third kappa shape index (κ3) is 14.2. The molecule has 0 saturated carbocycles. The van der Waals surface area contributed by atoms with Crippen LogP contribution in [-0.4, -0.2) is 12.4 Å². The minimum absolute atomic E-state index is 0.499. The molecule has 0 aliphatic carbocycles. The van der Waals surface area contributed by atoms with E-state index in [9.17, 15) is 0 Å². The van der Waals surface area contributed by atoms with Gasteiger partial charge in [0.05, 0.1) is 5.92 Å². The Morgan fingerprint density at radius 1 is 0.556 bits per heavy atom. The maximum Gasteiger partial charge on any atom is 0.244 e. The van der Waals surface area contributed by atoms with E-state index in [1.54, 1.807) is 0 Å². The Balaban J connectivity index is 1.76. The Hall–Kier alpha value is -1.57. The molecule has 1 aromatic rings. The first-order chi connectivity index (χ1) is 17.8. The lowest BCUT2D eigenvalue weighted by atomic mass is 9.78. The summed E-state index contributed by atoms with van der Waals surface area (Å²) in [5.74, 6) is 1.15. The largest absolute Gasteiger partial charge is 0.244 e. The van der Waals surface area contributed by atoms with Crippen LogP contribution in [0.15, 0.2) is 40.3 Å². The molecule has 1 aliphatic heterocycles. The molecule has 36 heavy (non-hydrogen) atoms. The number of hydrogen-bond donors (Lipinski definition) is 0. The Morgan fingerprint density at radius 2 is 1.00 bits per heavy atom. The van der Waals surface area contributed by atoms with Gasteiger partial charge in [0.2, 0.25) is 6.17 Å². The van der Waals surface area contributed by atoms with E-state index in [-0.39, 0.29) is 0 Å². The number of unbranched alkanes of at least 4 members (excludes halogenated alkanes) is 16. The van der Waals surface area contributed by atoms with Gasteiger partial charge in [-0.1, -0.05) is 170 Å². The molecule has 1 heterocycles. The highest BCUT2D eigenvalue weighted by molar-refractivity contribution is 6.18. The molecule has 1 aromatic carbocycles. The van der Waals surface area contributed by atoms with Crippen molar-refractivity contribution in [3.63, 3.8) is 0 Å². The van der Waals surface area contributed by atoms with Crippen LogP contribution >= 0.6 is 0 Å². The Morgan fingerprint density at radius 3 is 1.50 bits per heavy atom. The molecule has 2 heteroatoms. The molecule has 0 aromatic heterocycles. The van der Waals surface area contributed by atoms with Gasteiger partial charge in [0.15, 0.2) is 12.4 Å². The summed E-state index contributed by atoms with van der Waals surface area (Å²) in [6.45, 7) is 4.60. The molecule has 2 nitrogen and oxygen atoms in total. The number of rotatable bonds is 24. The van der Waals surface area contributed by atoms with Gasteiger partial charge < -0.3 is 0 Å². The van der Waals surface area contributed by atoms with Crippen LogP contribution in [0.3, 0.4) is 0 Å². The van der Waals surface area contributed by atoms with Gasteiger partial charge in [-0.15, -0.1) is 0 Å². The van der Waals surface area contributed by atoms with Gasteiger partial charge in [-0.3, -0.25) is 0 Å². The summed E-state index contributed by atoms with van der Waals surface area (Å²) in [7, 11) is 0. The molecule has 0 fully saturated rings. The molecule has 1 aliphatic rings. The lowest BCUT2D eigenvalue weighted by molar-refractivity contribution is 0.284. The van der Waals surface area contributed by atoms with Crippen LogP contribution in [-0.2, 0) is 6.42 Å². The molecule has 202 valence electrons. The molecule has 2 atom stereocenters. The van der Waals surface area contributed by atoms with E-state index in [4.69, 9.17) is 9.98 Å². The minimum Gasteiger partial charge on any atom is -0.0965 e. The first-order valence-corrected chi connectivity index (χ1v) is 15.8. The van der Waals surface area contributed by atoms with Gasteiger partial charge in [-0.25, -0.2) is 0 Å². The Kier molecular flexibility index (Phi) is 18.3. The van der Waals surface area contributed by atoms with E-state index in [1.165, 1.54) is 134 Å². The summed E-state index contributed by atoms with van der Waals surface area (Å²) in [5.41, 5.74) is 1.47. The average molecular weight is 494 g/mol. The zero-order valence-electron chi connectivity index (χ0n) is 23.9. The summed E-state index contributed by atoms with van der Waals surface area (Å²) in [5, 5.41) is 0. The van der Waals surface area contributed by atoms with Crippen molar-refractivity contribution in [2.75, 3.05) is 0 Å². The monoisotopic (exact) mass is 493 g/mol. The normalized spacial score (nSPS) is 14.6. The second kappa shape index (κ2) is 21.5. The van der Waals surface area contributed by atoms with Crippen molar-refractivity contribution in [2.45, 2.75) is 149 Å². The van der Waals surface area contributed by atoms with E-state index in [1.807, 2.05) is 12.4 Å². The summed E-state index contributed by atoms with van der Waals surface area (Å²) < 4.78 is 0. The van der Waals surface area contributed by atoms with E-state index in [0.717, 1.165) is 12.6 Å². The van der Waals surface area contributed by atoms with Crippen molar-refractivity contribution in [1.82, 2.24) is 0 Å². The Labute approximate surface area is 224 Å². The molecule has 0 radical (unpaired) electrons. The molecule has 2 unspecified atom stereocenters. The molecule has 0 N–H and O–H groups in total. The third-order valence-electron chi connectivity index (χ3n) is 8.02. The van der Waals surface area contributed by atoms with E-state index in [0.29, 0.717) is 11.8 Å². The van der Waals surface area contributed by atoms with Crippen LogP contribution in [0, 0.1) is 18.0 Å². The lowest BCUT2D eigenvalue weighted by Gasteiger charge is -2.26. The summed E-state index contributed by atoms with van der Waals surface area (Å²) in [6.07, 6.45) is 33.7. The predicted octanol–water partition coefficient (Wildman–Crippen LogP) is 10.9. The number of hydrogen-bond acceptors (Lipinski definition) is 2. The fraction of sp³-hybridized carbons (Fsp3) is 0.735. The summed E-state index contributed by atoms with van der Waals surface area (Å²) >= 11 is 0. The van der Waals surface area contributed by atoms with Gasteiger partial charge in [-0.05, 0) is 30.7 Å². The highest BCUT2D eigenvalue weighted by Crippen LogP contribution is 2.37.